The second kappa shape index (κ2) is 3.13. The van der Waals surface area contributed by atoms with E-state index in [4.69, 9.17) is 10.8 Å². The molecule has 3 N–H and O–H groups in total. The van der Waals surface area contributed by atoms with Gasteiger partial charge in [0, 0.05) is 23.3 Å². The van der Waals surface area contributed by atoms with Gasteiger partial charge in [0.05, 0.1) is 5.52 Å². The van der Waals surface area contributed by atoms with Crippen molar-refractivity contribution in [3.05, 3.63) is 40.7 Å². The zero-order valence-corrected chi connectivity index (χ0v) is 7.68. The van der Waals surface area contributed by atoms with E-state index in [0.717, 1.165) is 4.57 Å². The second-order valence-corrected chi connectivity index (χ2v) is 3.11. The summed E-state index contributed by atoms with van der Waals surface area (Å²) < 4.78 is 0.965. The number of aromatic nitrogens is 1. The van der Waals surface area contributed by atoms with Crippen LogP contribution in [-0.4, -0.2) is 15.8 Å². The average molecular weight is 204 g/mol. The smallest absolute Gasteiger partial charge is 0.416 e. The number of hydrogen-bond donors (Lipinski definition) is 2. The Hall–Kier alpha value is -2.30. The molecule has 0 radical (unpaired) electrons. The summed E-state index contributed by atoms with van der Waals surface area (Å²) in [4.78, 5) is 22.3. The molecule has 1 aromatic carbocycles. The fourth-order valence-electron chi connectivity index (χ4n) is 1.44. The topological polar surface area (TPSA) is 85.3 Å². The minimum Gasteiger partial charge on any atom is -0.464 e. The summed E-state index contributed by atoms with van der Waals surface area (Å²) in [6.07, 6.45) is 0.0671. The highest BCUT2D eigenvalue weighted by atomic mass is 16.4. The standard InChI is InChI=1S/C10H8N2O3/c11-6-1-2-7-8(5-6)12(10(14)15)4-3-9(7)13/h1-5H,11H2,(H,14,15). The molecule has 0 aliphatic heterocycles. The lowest BCUT2D eigenvalue weighted by Crippen LogP contribution is -2.13. The highest BCUT2D eigenvalue weighted by Gasteiger charge is 2.07. The molecular weight excluding hydrogens is 196 g/mol. The molecule has 76 valence electrons. The van der Waals surface area contributed by atoms with Crippen LogP contribution in [0.1, 0.15) is 0 Å². The lowest BCUT2D eigenvalue weighted by Gasteiger charge is -2.05. The quantitative estimate of drug-likeness (QED) is 0.629. The molecular formula is C10H8N2O3. The summed E-state index contributed by atoms with van der Waals surface area (Å²) in [6.45, 7) is 0. The van der Waals surface area contributed by atoms with Crippen LogP contribution in [0.3, 0.4) is 0 Å². The number of nitrogens with two attached hydrogens (primary N) is 1. The molecule has 0 unspecified atom stereocenters. The normalized spacial score (nSPS) is 10.4. The van der Waals surface area contributed by atoms with E-state index in [1.54, 1.807) is 6.07 Å². The third kappa shape index (κ3) is 1.43. The Morgan fingerprint density at radius 1 is 1.33 bits per heavy atom. The number of nitrogen functional groups attached to an aromatic ring is 1. The van der Waals surface area contributed by atoms with Crippen LogP contribution in [0.5, 0.6) is 0 Å². The molecule has 2 aromatic rings. The van der Waals surface area contributed by atoms with E-state index in [1.807, 2.05) is 0 Å². The molecule has 1 heterocycles. The van der Waals surface area contributed by atoms with Gasteiger partial charge in [-0.05, 0) is 18.2 Å². The molecule has 0 aliphatic carbocycles. The highest BCUT2D eigenvalue weighted by molar-refractivity contribution is 5.89. The van der Waals surface area contributed by atoms with Crippen LogP contribution < -0.4 is 11.2 Å². The summed E-state index contributed by atoms with van der Waals surface area (Å²) >= 11 is 0. The number of anilines is 1. The maximum Gasteiger partial charge on any atom is 0.416 e. The molecule has 0 saturated carbocycles. The Morgan fingerprint density at radius 2 is 2.07 bits per heavy atom. The average Bonchev–Trinajstić information content (AvgIpc) is 2.17. The van der Waals surface area contributed by atoms with E-state index in [0.29, 0.717) is 16.6 Å². The van der Waals surface area contributed by atoms with E-state index in [1.165, 1.54) is 24.4 Å². The molecule has 0 aliphatic rings. The number of carbonyl (C=O) groups is 1. The van der Waals surface area contributed by atoms with Gasteiger partial charge in [-0.15, -0.1) is 0 Å². The lowest BCUT2D eigenvalue weighted by molar-refractivity contribution is 0.197. The first-order chi connectivity index (χ1) is 7.09. The minimum atomic E-state index is -1.15. The number of fused-ring (bicyclic) bond motifs is 1. The van der Waals surface area contributed by atoms with Crippen LogP contribution in [0.4, 0.5) is 10.5 Å². The van der Waals surface area contributed by atoms with Gasteiger partial charge in [-0.3, -0.25) is 9.36 Å². The zero-order chi connectivity index (χ0) is 11.0. The molecule has 0 bridgehead atoms. The Morgan fingerprint density at radius 3 is 2.73 bits per heavy atom. The van der Waals surface area contributed by atoms with Crippen LogP contribution in [0.25, 0.3) is 10.9 Å². The predicted molar refractivity (Wildman–Crippen MR) is 56.0 cm³/mol. The molecule has 0 saturated heterocycles. The number of hydrogen-bond acceptors (Lipinski definition) is 3. The largest absolute Gasteiger partial charge is 0.464 e. The van der Waals surface area contributed by atoms with Crippen molar-refractivity contribution in [2.45, 2.75) is 0 Å². The zero-order valence-electron chi connectivity index (χ0n) is 7.68. The molecule has 0 atom stereocenters. The van der Waals surface area contributed by atoms with Gasteiger partial charge in [0.25, 0.3) is 0 Å². The van der Waals surface area contributed by atoms with Gasteiger partial charge in [0.1, 0.15) is 0 Å². The number of pyridine rings is 1. The van der Waals surface area contributed by atoms with Crippen LogP contribution in [0.15, 0.2) is 35.3 Å². The first kappa shape index (κ1) is 9.26. The van der Waals surface area contributed by atoms with Crippen LogP contribution >= 0.6 is 0 Å². The molecule has 15 heavy (non-hydrogen) atoms. The molecule has 2 rings (SSSR count). The summed E-state index contributed by atoms with van der Waals surface area (Å²) in [5, 5.41) is 9.23. The number of benzene rings is 1. The SMILES string of the molecule is Nc1ccc2c(=O)ccn(C(=O)O)c2c1. The first-order valence-corrected chi connectivity index (χ1v) is 4.24. The fraction of sp³-hybridized carbons (Fsp3) is 0. The van der Waals surface area contributed by atoms with Crippen molar-refractivity contribution in [1.29, 1.82) is 0 Å². The van der Waals surface area contributed by atoms with Crippen molar-refractivity contribution < 1.29 is 9.90 Å². The van der Waals surface area contributed by atoms with Gasteiger partial charge in [-0.2, -0.15) is 0 Å². The van der Waals surface area contributed by atoms with Crippen molar-refractivity contribution in [2.24, 2.45) is 0 Å². The van der Waals surface area contributed by atoms with E-state index in [-0.39, 0.29) is 5.43 Å². The summed E-state index contributed by atoms with van der Waals surface area (Å²) in [5.41, 5.74) is 6.04. The van der Waals surface area contributed by atoms with E-state index in [9.17, 15) is 9.59 Å². The Labute approximate surface area is 84.4 Å². The molecule has 1 aromatic heterocycles. The van der Waals surface area contributed by atoms with Crippen molar-refractivity contribution in [1.82, 2.24) is 4.57 Å². The monoisotopic (exact) mass is 204 g/mol. The van der Waals surface area contributed by atoms with Crippen LogP contribution in [0.2, 0.25) is 0 Å². The molecule has 5 heteroatoms. The van der Waals surface area contributed by atoms with Gasteiger partial charge >= 0.3 is 6.09 Å². The third-order valence-electron chi connectivity index (χ3n) is 2.13. The van der Waals surface area contributed by atoms with Gasteiger partial charge in [0.15, 0.2) is 5.43 Å². The van der Waals surface area contributed by atoms with Crippen LogP contribution in [-0.2, 0) is 0 Å². The van der Waals surface area contributed by atoms with Gasteiger partial charge < -0.3 is 10.8 Å². The van der Waals surface area contributed by atoms with Gasteiger partial charge in [-0.1, -0.05) is 0 Å². The van der Waals surface area contributed by atoms with Gasteiger partial charge in [0.2, 0.25) is 0 Å². The second-order valence-electron chi connectivity index (χ2n) is 3.11. The Kier molecular flexibility index (Phi) is 1.93. The van der Waals surface area contributed by atoms with E-state index in [2.05, 4.69) is 0 Å². The number of carboxylic acid groups (broad SMARTS) is 1. The maximum atomic E-state index is 11.4. The lowest BCUT2D eigenvalue weighted by atomic mass is 10.2. The van der Waals surface area contributed by atoms with E-state index < -0.39 is 6.09 Å². The summed E-state index contributed by atoms with van der Waals surface area (Å²) in [5.74, 6) is 0. The number of rotatable bonds is 0. The number of nitrogens with zero attached hydrogens (tertiary/aromatic N) is 1. The van der Waals surface area contributed by atoms with Crippen LogP contribution in [0, 0.1) is 0 Å². The van der Waals surface area contributed by atoms with Crippen molar-refractivity contribution in [3.63, 3.8) is 0 Å². The molecule has 0 amide bonds. The highest BCUT2D eigenvalue weighted by Crippen LogP contribution is 2.13. The predicted octanol–water partition coefficient (Wildman–Crippen LogP) is 1.11. The Balaban J connectivity index is 2.96. The Bertz CT molecular complexity index is 601. The van der Waals surface area contributed by atoms with Crippen molar-refractivity contribution in [2.75, 3.05) is 5.73 Å². The van der Waals surface area contributed by atoms with Crippen molar-refractivity contribution >= 4 is 22.7 Å². The van der Waals surface area contributed by atoms with E-state index >= 15 is 0 Å². The van der Waals surface area contributed by atoms with Gasteiger partial charge in [-0.25, -0.2) is 4.79 Å². The summed E-state index contributed by atoms with van der Waals surface area (Å²) in [7, 11) is 0. The molecule has 0 spiro atoms. The fourth-order valence-corrected chi connectivity index (χ4v) is 1.44. The molecule has 0 fully saturated rings. The molecule has 5 nitrogen and oxygen atoms in total. The maximum absolute atomic E-state index is 11.4. The third-order valence-corrected chi connectivity index (χ3v) is 2.13. The first-order valence-electron chi connectivity index (χ1n) is 4.24. The summed E-state index contributed by atoms with van der Waals surface area (Å²) in [6, 6.07) is 5.76. The minimum absolute atomic E-state index is 0.220. The van der Waals surface area contributed by atoms with Crippen molar-refractivity contribution in [3.8, 4) is 0 Å².